The number of hydrogen-bond donors (Lipinski definition) is 0. The van der Waals surface area contributed by atoms with Gasteiger partial charge in [-0.1, -0.05) is 11.6 Å². The molecule has 130 valence electrons. The molecule has 1 aliphatic rings. The summed E-state index contributed by atoms with van der Waals surface area (Å²) in [5.74, 6) is 0.932. The Bertz CT molecular complexity index is 839. The predicted octanol–water partition coefficient (Wildman–Crippen LogP) is 4.07. The molecule has 0 spiro atoms. The van der Waals surface area contributed by atoms with Crippen LogP contribution in [0.2, 0.25) is 5.02 Å². The Balaban J connectivity index is 1.96. The number of hydrogen-bond acceptors (Lipinski definition) is 6. The number of nitrogens with zero attached hydrogens (tertiary/aromatic N) is 1. The van der Waals surface area contributed by atoms with Crippen molar-refractivity contribution in [2.24, 2.45) is 4.99 Å². The lowest BCUT2D eigenvalue weighted by Crippen LogP contribution is -2.04. The Labute approximate surface area is 149 Å². The van der Waals surface area contributed by atoms with Gasteiger partial charge in [0.2, 0.25) is 0 Å². The Kier molecular flexibility index (Phi) is 5.09. The third kappa shape index (κ3) is 3.69. The monoisotopic (exact) mass is 361 g/mol. The lowest BCUT2D eigenvalue weighted by atomic mass is 10.1. The number of cyclic esters (lactones) is 1. The SMILES string of the molecule is CCOc1cc(/C=C2\N=C(c3ccco3)OC2=O)cc(Cl)c1OCC. The predicted molar refractivity (Wildman–Crippen MR) is 93.1 cm³/mol. The molecule has 0 fully saturated rings. The summed E-state index contributed by atoms with van der Waals surface area (Å²) in [6, 6.07) is 6.76. The van der Waals surface area contributed by atoms with Crippen molar-refractivity contribution in [3.63, 3.8) is 0 Å². The minimum absolute atomic E-state index is 0.128. The summed E-state index contributed by atoms with van der Waals surface area (Å²) in [5.41, 5.74) is 0.794. The molecule has 0 bridgehead atoms. The van der Waals surface area contributed by atoms with Crippen LogP contribution < -0.4 is 9.47 Å². The lowest BCUT2D eigenvalue weighted by Gasteiger charge is -2.13. The first kappa shape index (κ1) is 17.1. The fourth-order valence-corrected chi connectivity index (χ4v) is 2.56. The first-order valence-electron chi connectivity index (χ1n) is 7.78. The van der Waals surface area contributed by atoms with Gasteiger partial charge in [0.25, 0.3) is 5.90 Å². The summed E-state index contributed by atoms with van der Waals surface area (Å²) in [6.45, 7) is 4.65. The van der Waals surface area contributed by atoms with Crippen molar-refractivity contribution in [1.82, 2.24) is 0 Å². The maximum absolute atomic E-state index is 12.0. The molecule has 2 heterocycles. The fraction of sp³-hybridized carbons (Fsp3) is 0.222. The first-order chi connectivity index (χ1) is 12.1. The molecule has 0 N–H and O–H groups in total. The first-order valence-corrected chi connectivity index (χ1v) is 8.15. The zero-order chi connectivity index (χ0) is 17.8. The van der Waals surface area contributed by atoms with E-state index in [0.717, 1.165) is 0 Å². The fourth-order valence-electron chi connectivity index (χ4n) is 2.29. The van der Waals surface area contributed by atoms with Gasteiger partial charge in [-0.05, 0) is 49.8 Å². The average molecular weight is 362 g/mol. The van der Waals surface area contributed by atoms with E-state index < -0.39 is 5.97 Å². The average Bonchev–Trinajstić information content (AvgIpc) is 3.22. The second kappa shape index (κ2) is 7.44. The van der Waals surface area contributed by atoms with Crippen LogP contribution in [0.5, 0.6) is 11.5 Å². The van der Waals surface area contributed by atoms with Crippen LogP contribution in [0.4, 0.5) is 0 Å². The number of benzene rings is 1. The smallest absolute Gasteiger partial charge is 0.363 e. The number of halogens is 1. The Morgan fingerprint density at radius 2 is 2.04 bits per heavy atom. The number of rotatable bonds is 6. The molecule has 0 saturated carbocycles. The van der Waals surface area contributed by atoms with Gasteiger partial charge in [0, 0.05) is 0 Å². The summed E-state index contributed by atoms with van der Waals surface area (Å²) in [5, 5.41) is 0.390. The lowest BCUT2D eigenvalue weighted by molar-refractivity contribution is -0.130. The van der Waals surface area contributed by atoms with E-state index in [1.165, 1.54) is 6.26 Å². The number of carbonyl (C=O) groups is 1. The molecule has 0 unspecified atom stereocenters. The van der Waals surface area contributed by atoms with Crippen LogP contribution in [0.3, 0.4) is 0 Å². The summed E-state index contributed by atoms with van der Waals surface area (Å²) in [6.07, 6.45) is 3.05. The van der Waals surface area contributed by atoms with E-state index in [1.807, 2.05) is 13.8 Å². The van der Waals surface area contributed by atoms with Crippen molar-refractivity contribution >= 4 is 29.5 Å². The molecule has 2 aromatic rings. The van der Waals surface area contributed by atoms with Crippen molar-refractivity contribution in [3.05, 3.63) is 52.6 Å². The van der Waals surface area contributed by atoms with Gasteiger partial charge < -0.3 is 18.6 Å². The van der Waals surface area contributed by atoms with E-state index in [0.29, 0.717) is 41.1 Å². The maximum Gasteiger partial charge on any atom is 0.363 e. The van der Waals surface area contributed by atoms with Crippen molar-refractivity contribution in [2.45, 2.75) is 13.8 Å². The second-order valence-corrected chi connectivity index (χ2v) is 5.42. The maximum atomic E-state index is 12.0. The molecule has 0 saturated heterocycles. The highest BCUT2D eigenvalue weighted by Gasteiger charge is 2.26. The third-order valence-corrected chi connectivity index (χ3v) is 3.56. The number of esters is 1. The zero-order valence-corrected chi connectivity index (χ0v) is 14.5. The van der Waals surface area contributed by atoms with Gasteiger partial charge in [-0.3, -0.25) is 0 Å². The Morgan fingerprint density at radius 1 is 1.24 bits per heavy atom. The second-order valence-electron chi connectivity index (χ2n) is 5.01. The Morgan fingerprint density at radius 3 is 2.72 bits per heavy atom. The third-order valence-electron chi connectivity index (χ3n) is 3.28. The topological polar surface area (TPSA) is 70.3 Å². The highest BCUT2D eigenvalue weighted by Crippen LogP contribution is 2.37. The summed E-state index contributed by atoms with van der Waals surface area (Å²) >= 11 is 6.28. The van der Waals surface area contributed by atoms with Crippen LogP contribution >= 0.6 is 11.6 Å². The molecular formula is C18H16ClNO5. The number of carbonyl (C=O) groups excluding carboxylic acids is 1. The van der Waals surface area contributed by atoms with Crippen LogP contribution in [0.1, 0.15) is 25.2 Å². The summed E-state index contributed by atoms with van der Waals surface area (Å²) in [4.78, 5) is 16.2. The normalized spacial score (nSPS) is 15.2. The van der Waals surface area contributed by atoms with Gasteiger partial charge >= 0.3 is 5.97 Å². The molecule has 0 aliphatic carbocycles. The van der Waals surface area contributed by atoms with Crippen molar-refractivity contribution in [1.29, 1.82) is 0 Å². The molecule has 1 aliphatic heterocycles. The highest BCUT2D eigenvalue weighted by molar-refractivity contribution is 6.32. The van der Waals surface area contributed by atoms with Gasteiger partial charge in [-0.25, -0.2) is 9.79 Å². The van der Waals surface area contributed by atoms with Crippen LogP contribution in [0.15, 0.2) is 45.6 Å². The molecule has 25 heavy (non-hydrogen) atoms. The molecule has 0 amide bonds. The van der Waals surface area contributed by atoms with E-state index in [1.54, 1.807) is 30.3 Å². The van der Waals surface area contributed by atoms with Crippen molar-refractivity contribution < 1.29 is 23.4 Å². The van der Waals surface area contributed by atoms with E-state index in [4.69, 9.17) is 30.2 Å². The van der Waals surface area contributed by atoms with Gasteiger partial charge in [0.1, 0.15) is 0 Å². The van der Waals surface area contributed by atoms with E-state index >= 15 is 0 Å². The quantitative estimate of drug-likeness (QED) is 0.573. The molecule has 6 nitrogen and oxygen atoms in total. The van der Waals surface area contributed by atoms with Gasteiger partial charge in [0.15, 0.2) is 23.0 Å². The van der Waals surface area contributed by atoms with Crippen LogP contribution in [0.25, 0.3) is 6.08 Å². The number of aliphatic imine (C=N–C) groups is 1. The zero-order valence-electron chi connectivity index (χ0n) is 13.7. The largest absolute Gasteiger partial charge is 0.490 e. The van der Waals surface area contributed by atoms with Gasteiger partial charge in [0.05, 0.1) is 24.5 Å². The van der Waals surface area contributed by atoms with Crippen molar-refractivity contribution in [3.8, 4) is 11.5 Å². The number of ether oxygens (including phenoxy) is 3. The standard InChI is InChI=1S/C18H16ClNO5/c1-3-22-15-10-11(8-12(19)16(15)23-4-2)9-13-18(21)25-17(20-13)14-6-5-7-24-14/h5-10H,3-4H2,1-2H3/b13-9-. The Hall–Kier alpha value is -2.73. The molecule has 1 aromatic carbocycles. The number of furan rings is 1. The van der Waals surface area contributed by atoms with Crippen molar-refractivity contribution in [2.75, 3.05) is 13.2 Å². The molecule has 1 aromatic heterocycles. The van der Waals surface area contributed by atoms with E-state index in [2.05, 4.69) is 4.99 Å². The van der Waals surface area contributed by atoms with Gasteiger partial charge in [-0.15, -0.1) is 0 Å². The molecule has 3 rings (SSSR count). The highest BCUT2D eigenvalue weighted by atomic mass is 35.5. The molecule has 0 radical (unpaired) electrons. The minimum Gasteiger partial charge on any atom is -0.490 e. The molecule has 7 heteroatoms. The minimum atomic E-state index is -0.561. The molecule has 0 atom stereocenters. The van der Waals surface area contributed by atoms with E-state index in [9.17, 15) is 4.79 Å². The van der Waals surface area contributed by atoms with Crippen LogP contribution in [-0.4, -0.2) is 25.1 Å². The molecular weight excluding hydrogens is 346 g/mol. The van der Waals surface area contributed by atoms with E-state index in [-0.39, 0.29) is 11.6 Å². The van der Waals surface area contributed by atoms with Gasteiger partial charge in [-0.2, -0.15) is 0 Å². The van der Waals surface area contributed by atoms with Crippen LogP contribution in [0, 0.1) is 0 Å². The summed E-state index contributed by atoms with van der Waals surface area (Å²) < 4.78 is 21.4. The summed E-state index contributed by atoms with van der Waals surface area (Å²) in [7, 11) is 0. The van der Waals surface area contributed by atoms with Crippen LogP contribution in [-0.2, 0) is 9.53 Å².